The Morgan fingerprint density at radius 1 is 0.828 bits per heavy atom. The summed E-state index contributed by atoms with van der Waals surface area (Å²) in [4.78, 5) is 0. The number of hydrogen-bond acceptors (Lipinski definition) is 1. The quantitative estimate of drug-likeness (QED) is 0.362. The van der Waals surface area contributed by atoms with Gasteiger partial charge in [0.15, 0.2) is 0 Å². The summed E-state index contributed by atoms with van der Waals surface area (Å²) in [6.07, 6.45) is 8.77. The van der Waals surface area contributed by atoms with Crippen molar-refractivity contribution in [1.29, 1.82) is 0 Å². The van der Waals surface area contributed by atoms with Gasteiger partial charge in [-0.05, 0) is 67.6 Å². The SMILES string of the molecule is CC(CCCC(C)(C)O)CC(n1ccc2ccccc21)n1ccc2ccccc21. The largest absolute Gasteiger partial charge is 0.390 e. The van der Waals surface area contributed by atoms with E-state index in [9.17, 15) is 5.11 Å². The molecule has 0 aliphatic heterocycles. The maximum Gasteiger partial charge on any atom is 0.110 e. The molecule has 0 radical (unpaired) electrons. The number of benzene rings is 2. The Kier molecular flexibility index (Phi) is 5.51. The molecule has 0 fully saturated rings. The molecule has 3 nitrogen and oxygen atoms in total. The van der Waals surface area contributed by atoms with Crippen LogP contribution in [0.5, 0.6) is 0 Å². The van der Waals surface area contributed by atoms with Gasteiger partial charge in [0.25, 0.3) is 0 Å². The zero-order valence-corrected chi connectivity index (χ0v) is 17.8. The fourth-order valence-electron chi connectivity index (χ4n) is 4.45. The summed E-state index contributed by atoms with van der Waals surface area (Å²) in [5, 5.41) is 12.6. The lowest BCUT2D eigenvalue weighted by molar-refractivity contribution is 0.0666. The molecule has 0 bridgehead atoms. The molecule has 2 heterocycles. The van der Waals surface area contributed by atoms with Crippen LogP contribution in [0.3, 0.4) is 0 Å². The molecule has 4 rings (SSSR count). The molecule has 29 heavy (non-hydrogen) atoms. The van der Waals surface area contributed by atoms with Crippen molar-refractivity contribution in [3.05, 3.63) is 73.1 Å². The van der Waals surface area contributed by atoms with E-state index in [-0.39, 0.29) is 6.17 Å². The minimum Gasteiger partial charge on any atom is -0.390 e. The average Bonchev–Trinajstić information content (AvgIpc) is 3.30. The first-order valence-electron chi connectivity index (χ1n) is 10.8. The van der Waals surface area contributed by atoms with Gasteiger partial charge in [0.1, 0.15) is 6.17 Å². The molecule has 1 atom stereocenters. The molecular formula is C26H32N2O. The van der Waals surface area contributed by atoms with E-state index < -0.39 is 5.60 Å². The van der Waals surface area contributed by atoms with Crippen molar-refractivity contribution in [1.82, 2.24) is 9.13 Å². The van der Waals surface area contributed by atoms with Crippen LogP contribution in [-0.2, 0) is 0 Å². The second-order valence-electron chi connectivity index (χ2n) is 9.09. The van der Waals surface area contributed by atoms with Gasteiger partial charge in [0, 0.05) is 23.4 Å². The van der Waals surface area contributed by atoms with E-state index in [1.165, 1.54) is 21.8 Å². The van der Waals surface area contributed by atoms with Gasteiger partial charge in [0.2, 0.25) is 0 Å². The molecule has 0 saturated carbocycles. The Balaban J connectivity index is 1.66. The molecule has 152 valence electrons. The maximum atomic E-state index is 10.0. The van der Waals surface area contributed by atoms with Gasteiger partial charge in [-0.3, -0.25) is 0 Å². The Hall–Kier alpha value is -2.52. The second kappa shape index (κ2) is 8.08. The third-order valence-electron chi connectivity index (χ3n) is 6.00. The summed E-state index contributed by atoms with van der Waals surface area (Å²) in [5.74, 6) is 0.560. The highest BCUT2D eigenvalue weighted by molar-refractivity contribution is 5.81. The molecule has 0 amide bonds. The van der Waals surface area contributed by atoms with E-state index in [0.717, 1.165) is 25.7 Å². The Morgan fingerprint density at radius 2 is 1.34 bits per heavy atom. The molecule has 3 heteroatoms. The zero-order chi connectivity index (χ0) is 20.4. The molecule has 1 N–H and O–H groups in total. The van der Waals surface area contributed by atoms with Gasteiger partial charge < -0.3 is 14.2 Å². The first kappa shape index (κ1) is 19.8. The van der Waals surface area contributed by atoms with E-state index >= 15 is 0 Å². The molecular weight excluding hydrogens is 356 g/mol. The van der Waals surface area contributed by atoms with Crippen molar-refractivity contribution in [3.63, 3.8) is 0 Å². The fourth-order valence-corrected chi connectivity index (χ4v) is 4.45. The van der Waals surface area contributed by atoms with Gasteiger partial charge in [-0.25, -0.2) is 0 Å². The number of para-hydroxylation sites is 2. The number of aromatic nitrogens is 2. The minimum atomic E-state index is -0.577. The second-order valence-corrected chi connectivity index (χ2v) is 9.09. The summed E-state index contributed by atoms with van der Waals surface area (Å²) in [6, 6.07) is 21.7. The van der Waals surface area contributed by atoms with E-state index in [1.807, 2.05) is 13.8 Å². The number of nitrogens with zero attached hydrogens (tertiary/aromatic N) is 2. The summed E-state index contributed by atoms with van der Waals surface area (Å²) < 4.78 is 4.85. The van der Waals surface area contributed by atoms with E-state index in [2.05, 4.69) is 89.1 Å². The van der Waals surface area contributed by atoms with Crippen molar-refractivity contribution in [2.45, 2.75) is 58.2 Å². The van der Waals surface area contributed by atoms with E-state index in [0.29, 0.717) is 5.92 Å². The van der Waals surface area contributed by atoms with Crippen LogP contribution in [0, 0.1) is 5.92 Å². The average molecular weight is 389 g/mol. The molecule has 0 aliphatic carbocycles. The third-order valence-corrected chi connectivity index (χ3v) is 6.00. The highest BCUT2D eigenvalue weighted by atomic mass is 16.3. The van der Waals surface area contributed by atoms with Crippen LogP contribution in [-0.4, -0.2) is 19.8 Å². The summed E-state index contributed by atoms with van der Waals surface area (Å²) in [6.45, 7) is 6.14. The summed E-state index contributed by atoms with van der Waals surface area (Å²) >= 11 is 0. The Labute approximate surface area is 173 Å². The highest BCUT2D eigenvalue weighted by Crippen LogP contribution is 2.31. The summed E-state index contributed by atoms with van der Waals surface area (Å²) in [5.41, 5.74) is 1.98. The number of hydrogen-bond donors (Lipinski definition) is 1. The fraction of sp³-hybridized carbons (Fsp3) is 0.385. The van der Waals surface area contributed by atoms with Crippen LogP contribution in [0.25, 0.3) is 21.8 Å². The first-order chi connectivity index (χ1) is 13.9. The standard InChI is InChI=1S/C26H32N2O/c1-20(9-8-16-26(2,3)29)19-25(27-17-14-21-10-4-6-12-23(21)27)28-18-15-22-11-5-7-13-24(22)28/h4-7,10-15,17-18,20,25,29H,8-9,16,19H2,1-3H3. The van der Waals surface area contributed by atoms with Crippen molar-refractivity contribution in [3.8, 4) is 0 Å². The normalized spacial score (nSPS) is 13.6. The van der Waals surface area contributed by atoms with Crippen molar-refractivity contribution < 1.29 is 5.11 Å². The predicted octanol–water partition coefficient (Wildman–Crippen LogP) is 6.61. The highest BCUT2D eigenvalue weighted by Gasteiger charge is 2.20. The van der Waals surface area contributed by atoms with Crippen molar-refractivity contribution >= 4 is 21.8 Å². The van der Waals surface area contributed by atoms with Gasteiger partial charge >= 0.3 is 0 Å². The predicted molar refractivity (Wildman–Crippen MR) is 122 cm³/mol. The molecule has 0 aliphatic rings. The number of aliphatic hydroxyl groups is 1. The molecule has 0 saturated heterocycles. The van der Waals surface area contributed by atoms with Gasteiger partial charge in [-0.15, -0.1) is 0 Å². The topological polar surface area (TPSA) is 30.1 Å². The van der Waals surface area contributed by atoms with E-state index in [4.69, 9.17) is 0 Å². The molecule has 0 spiro atoms. The monoisotopic (exact) mass is 388 g/mol. The lowest BCUT2D eigenvalue weighted by atomic mass is 9.94. The van der Waals surface area contributed by atoms with Crippen LogP contribution in [0.2, 0.25) is 0 Å². The van der Waals surface area contributed by atoms with Crippen molar-refractivity contribution in [2.24, 2.45) is 5.92 Å². The lowest BCUT2D eigenvalue weighted by Gasteiger charge is -2.27. The van der Waals surface area contributed by atoms with Crippen molar-refractivity contribution in [2.75, 3.05) is 0 Å². The van der Waals surface area contributed by atoms with Gasteiger partial charge in [0.05, 0.1) is 5.60 Å². The van der Waals surface area contributed by atoms with Crippen LogP contribution < -0.4 is 0 Å². The number of rotatable bonds is 8. The molecule has 1 unspecified atom stereocenters. The van der Waals surface area contributed by atoms with Crippen LogP contribution >= 0.6 is 0 Å². The smallest absolute Gasteiger partial charge is 0.110 e. The van der Waals surface area contributed by atoms with E-state index in [1.54, 1.807) is 0 Å². The molecule has 2 aromatic heterocycles. The zero-order valence-electron chi connectivity index (χ0n) is 17.8. The lowest BCUT2D eigenvalue weighted by Crippen LogP contribution is -2.21. The Bertz CT molecular complexity index is 1010. The molecule has 4 aromatic rings. The summed E-state index contributed by atoms with van der Waals surface area (Å²) in [7, 11) is 0. The van der Waals surface area contributed by atoms with Gasteiger partial charge in [-0.1, -0.05) is 56.2 Å². The third kappa shape index (κ3) is 4.40. The maximum absolute atomic E-state index is 10.0. The van der Waals surface area contributed by atoms with Gasteiger partial charge in [-0.2, -0.15) is 0 Å². The van der Waals surface area contributed by atoms with Crippen LogP contribution in [0.4, 0.5) is 0 Å². The van der Waals surface area contributed by atoms with Crippen LogP contribution in [0.15, 0.2) is 73.1 Å². The Morgan fingerprint density at radius 3 is 1.86 bits per heavy atom. The number of fused-ring (bicyclic) bond motifs is 2. The molecule has 2 aromatic carbocycles. The first-order valence-corrected chi connectivity index (χ1v) is 10.8. The van der Waals surface area contributed by atoms with Crippen LogP contribution in [0.1, 0.15) is 52.6 Å². The minimum absolute atomic E-state index is 0.229.